The molecular formula is C12H20ClN3O. The molecule has 0 aliphatic heterocycles. The van der Waals surface area contributed by atoms with Gasteiger partial charge in [0.2, 0.25) is 5.28 Å². The average molecular weight is 258 g/mol. The minimum absolute atomic E-state index is 0.219. The largest absolute Gasteiger partial charge is 0.388 e. The highest BCUT2D eigenvalue weighted by Crippen LogP contribution is 2.17. The molecule has 0 aliphatic carbocycles. The molecule has 0 bridgehead atoms. The van der Waals surface area contributed by atoms with Crippen LogP contribution in [0.2, 0.25) is 5.28 Å². The molecule has 0 saturated heterocycles. The molecule has 0 spiro atoms. The fourth-order valence-corrected chi connectivity index (χ4v) is 2.08. The predicted octanol–water partition coefficient (Wildman–Crippen LogP) is 2.65. The summed E-state index contributed by atoms with van der Waals surface area (Å²) < 4.78 is 0. The van der Waals surface area contributed by atoms with Crippen molar-refractivity contribution in [3.8, 4) is 0 Å². The Bertz CT molecular complexity index is 360. The normalized spacial score (nSPS) is 14.8. The molecule has 96 valence electrons. The number of nitrogens with zero attached hydrogens (tertiary/aromatic N) is 2. The van der Waals surface area contributed by atoms with Gasteiger partial charge in [0.15, 0.2) is 0 Å². The number of hydrogen-bond donors (Lipinski definition) is 2. The van der Waals surface area contributed by atoms with Crippen LogP contribution in [0.5, 0.6) is 0 Å². The number of rotatable bonds is 5. The van der Waals surface area contributed by atoms with E-state index in [0.717, 1.165) is 12.1 Å². The minimum Gasteiger partial charge on any atom is -0.388 e. The zero-order valence-electron chi connectivity index (χ0n) is 10.8. The monoisotopic (exact) mass is 257 g/mol. The molecule has 0 fully saturated rings. The smallest absolute Gasteiger partial charge is 0.224 e. The predicted molar refractivity (Wildman–Crippen MR) is 70.3 cm³/mol. The highest BCUT2D eigenvalue weighted by atomic mass is 35.5. The van der Waals surface area contributed by atoms with Crippen molar-refractivity contribution in [2.24, 2.45) is 5.92 Å². The lowest BCUT2D eigenvalue weighted by molar-refractivity contribution is 0.0514. The first-order valence-corrected chi connectivity index (χ1v) is 6.14. The molecule has 0 aliphatic rings. The first-order chi connectivity index (χ1) is 7.78. The molecule has 1 atom stereocenters. The summed E-state index contributed by atoms with van der Waals surface area (Å²) in [5.41, 5.74) is 0.0514. The lowest BCUT2D eigenvalue weighted by atomic mass is 9.94. The number of hydrogen-bond acceptors (Lipinski definition) is 4. The molecule has 5 heteroatoms. The maximum absolute atomic E-state index is 10.1. The van der Waals surface area contributed by atoms with E-state index in [2.05, 4.69) is 29.1 Å². The third-order valence-electron chi connectivity index (χ3n) is 2.33. The van der Waals surface area contributed by atoms with Crippen LogP contribution in [0.1, 0.15) is 32.9 Å². The summed E-state index contributed by atoms with van der Waals surface area (Å²) in [6, 6.07) is 1.80. The van der Waals surface area contributed by atoms with Crippen LogP contribution >= 0.6 is 11.6 Å². The fourth-order valence-electron chi connectivity index (χ4n) is 1.86. The Labute approximate surface area is 107 Å². The second-order valence-corrected chi connectivity index (χ2v) is 5.45. The number of aliphatic hydroxyl groups is 1. The molecule has 0 amide bonds. The molecule has 0 radical (unpaired) electrons. The summed E-state index contributed by atoms with van der Waals surface area (Å²) in [5, 5.41) is 13.5. The Morgan fingerprint density at radius 1 is 1.47 bits per heavy atom. The number of anilines is 1. The van der Waals surface area contributed by atoms with Gasteiger partial charge in [-0.2, -0.15) is 0 Å². The first-order valence-electron chi connectivity index (χ1n) is 5.76. The molecule has 4 nitrogen and oxygen atoms in total. The zero-order chi connectivity index (χ0) is 13.1. The molecule has 1 rings (SSSR count). The van der Waals surface area contributed by atoms with Crippen LogP contribution in [0.4, 0.5) is 5.82 Å². The molecular weight excluding hydrogens is 238 g/mol. The van der Waals surface area contributed by atoms with Gasteiger partial charge in [0.1, 0.15) is 5.82 Å². The van der Waals surface area contributed by atoms with Gasteiger partial charge in [-0.3, -0.25) is 0 Å². The van der Waals surface area contributed by atoms with Crippen LogP contribution in [0.3, 0.4) is 0 Å². The van der Waals surface area contributed by atoms with E-state index in [1.54, 1.807) is 6.07 Å². The van der Waals surface area contributed by atoms with Gasteiger partial charge in [0, 0.05) is 18.3 Å². The van der Waals surface area contributed by atoms with E-state index in [0.29, 0.717) is 18.3 Å². The van der Waals surface area contributed by atoms with Gasteiger partial charge in [-0.05, 0) is 37.8 Å². The van der Waals surface area contributed by atoms with Crippen LogP contribution in [0.15, 0.2) is 6.07 Å². The van der Waals surface area contributed by atoms with Gasteiger partial charge in [-0.25, -0.2) is 9.97 Å². The molecule has 1 aromatic heterocycles. The standard InChI is InChI=1S/C12H20ClN3O/c1-8(2)6-12(4,17)7-14-10-5-9(3)15-11(13)16-10/h5,8,17H,6-7H2,1-4H3,(H,14,15,16). The van der Waals surface area contributed by atoms with Crippen LogP contribution in [-0.4, -0.2) is 27.2 Å². The second-order valence-electron chi connectivity index (χ2n) is 5.11. The highest BCUT2D eigenvalue weighted by molar-refractivity contribution is 6.28. The third-order valence-corrected chi connectivity index (χ3v) is 2.49. The Balaban J connectivity index is 2.60. The summed E-state index contributed by atoms with van der Waals surface area (Å²) in [5.74, 6) is 1.09. The van der Waals surface area contributed by atoms with Crippen LogP contribution in [-0.2, 0) is 0 Å². The molecule has 0 aromatic carbocycles. The van der Waals surface area contributed by atoms with Gasteiger partial charge >= 0.3 is 0 Å². The number of nitrogens with one attached hydrogen (secondary N) is 1. The summed E-state index contributed by atoms with van der Waals surface area (Å²) in [7, 11) is 0. The fraction of sp³-hybridized carbons (Fsp3) is 0.667. The van der Waals surface area contributed by atoms with Crippen molar-refractivity contribution in [1.29, 1.82) is 0 Å². The Morgan fingerprint density at radius 2 is 2.12 bits per heavy atom. The summed E-state index contributed by atoms with van der Waals surface area (Å²) in [6.45, 7) is 8.28. The maximum Gasteiger partial charge on any atom is 0.224 e. The molecule has 0 saturated carbocycles. The van der Waals surface area contributed by atoms with E-state index in [1.807, 2.05) is 13.8 Å². The minimum atomic E-state index is -0.750. The van der Waals surface area contributed by atoms with Crippen molar-refractivity contribution in [2.45, 2.75) is 39.7 Å². The van der Waals surface area contributed by atoms with E-state index >= 15 is 0 Å². The first kappa shape index (κ1) is 14.2. The van der Waals surface area contributed by atoms with Crippen molar-refractivity contribution in [2.75, 3.05) is 11.9 Å². The van der Waals surface area contributed by atoms with Crippen molar-refractivity contribution in [3.63, 3.8) is 0 Å². The zero-order valence-corrected chi connectivity index (χ0v) is 11.5. The Hall–Kier alpha value is -0.870. The van der Waals surface area contributed by atoms with Gasteiger partial charge < -0.3 is 10.4 Å². The number of aromatic nitrogens is 2. The van der Waals surface area contributed by atoms with Gasteiger partial charge in [0.25, 0.3) is 0 Å². The van der Waals surface area contributed by atoms with Crippen molar-refractivity contribution in [1.82, 2.24) is 9.97 Å². The molecule has 1 heterocycles. The van der Waals surface area contributed by atoms with E-state index in [9.17, 15) is 5.11 Å². The molecule has 17 heavy (non-hydrogen) atoms. The summed E-state index contributed by atoms with van der Waals surface area (Å²) in [6.07, 6.45) is 0.734. The summed E-state index contributed by atoms with van der Waals surface area (Å²) in [4.78, 5) is 8.03. The quantitative estimate of drug-likeness (QED) is 0.797. The summed E-state index contributed by atoms with van der Waals surface area (Å²) >= 11 is 5.76. The van der Waals surface area contributed by atoms with Crippen LogP contribution in [0.25, 0.3) is 0 Å². The Morgan fingerprint density at radius 3 is 2.65 bits per heavy atom. The second kappa shape index (κ2) is 5.65. The van der Waals surface area contributed by atoms with Gasteiger partial charge in [0.05, 0.1) is 5.60 Å². The van der Waals surface area contributed by atoms with Crippen LogP contribution < -0.4 is 5.32 Å². The van der Waals surface area contributed by atoms with Gasteiger partial charge in [-0.1, -0.05) is 13.8 Å². The van der Waals surface area contributed by atoms with Crippen LogP contribution in [0, 0.1) is 12.8 Å². The molecule has 1 unspecified atom stereocenters. The molecule has 1 aromatic rings. The maximum atomic E-state index is 10.1. The lowest BCUT2D eigenvalue weighted by Crippen LogP contribution is -2.35. The van der Waals surface area contributed by atoms with E-state index in [4.69, 9.17) is 11.6 Å². The van der Waals surface area contributed by atoms with E-state index in [1.165, 1.54) is 0 Å². The Kier molecular flexibility index (Phi) is 4.71. The number of aryl methyl sites for hydroxylation is 1. The van der Waals surface area contributed by atoms with Crippen molar-refractivity contribution in [3.05, 3.63) is 17.0 Å². The lowest BCUT2D eigenvalue weighted by Gasteiger charge is -2.25. The average Bonchev–Trinajstić information content (AvgIpc) is 2.11. The topological polar surface area (TPSA) is 58.0 Å². The molecule has 2 N–H and O–H groups in total. The van der Waals surface area contributed by atoms with Crippen molar-refractivity contribution >= 4 is 17.4 Å². The SMILES string of the molecule is Cc1cc(NCC(C)(O)CC(C)C)nc(Cl)n1. The van der Waals surface area contributed by atoms with Gasteiger partial charge in [-0.15, -0.1) is 0 Å². The number of halogens is 1. The highest BCUT2D eigenvalue weighted by Gasteiger charge is 2.21. The third kappa shape index (κ3) is 5.33. The van der Waals surface area contributed by atoms with E-state index in [-0.39, 0.29) is 5.28 Å². The van der Waals surface area contributed by atoms with Crippen molar-refractivity contribution < 1.29 is 5.11 Å². The van der Waals surface area contributed by atoms with E-state index < -0.39 is 5.60 Å².